The number of amides is 1. The molecule has 1 fully saturated rings. The average molecular weight is 331 g/mol. The first-order chi connectivity index (χ1) is 11.7. The Bertz CT molecular complexity index is 679. The molecule has 1 amide bonds. The highest BCUT2D eigenvalue weighted by Gasteiger charge is 2.28. The van der Waals surface area contributed by atoms with Gasteiger partial charge in [0.05, 0.1) is 25.9 Å². The van der Waals surface area contributed by atoms with E-state index in [1.54, 1.807) is 26.4 Å². The molecule has 3 rings (SSSR count). The third-order valence-electron chi connectivity index (χ3n) is 4.12. The molecule has 24 heavy (non-hydrogen) atoms. The molecule has 1 aromatic carbocycles. The third-order valence-corrected chi connectivity index (χ3v) is 4.12. The van der Waals surface area contributed by atoms with Crippen molar-refractivity contribution in [2.24, 2.45) is 0 Å². The van der Waals surface area contributed by atoms with Gasteiger partial charge in [0.15, 0.2) is 5.76 Å². The molecule has 0 saturated carbocycles. The number of nitrogens with one attached hydrogen (secondary N) is 1. The van der Waals surface area contributed by atoms with E-state index in [2.05, 4.69) is 5.32 Å². The minimum atomic E-state index is -0.271. The van der Waals surface area contributed by atoms with Crippen molar-refractivity contribution < 1.29 is 23.4 Å². The molecule has 2 aromatic rings. The van der Waals surface area contributed by atoms with Crippen LogP contribution < -0.4 is 10.1 Å². The van der Waals surface area contributed by atoms with E-state index in [0.717, 1.165) is 17.7 Å². The summed E-state index contributed by atoms with van der Waals surface area (Å²) in [6, 6.07) is 10.7. The summed E-state index contributed by atoms with van der Waals surface area (Å²) in [7, 11) is 3.26. The van der Waals surface area contributed by atoms with Crippen molar-refractivity contribution in [1.29, 1.82) is 0 Å². The molecule has 2 heterocycles. The largest absolute Gasteiger partial charge is 0.497 e. The van der Waals surface area contributed by atoms with Gasteiger partial charge in [-0.05, 0) is 42.8 Å². The minimum absolute atomic E-state index is 0.0429. The first kappa shape index (κ1) is 16.5. The van der Waals surface area contributed by atoms with Crippen molar-refractivity contribution in [1.82, 2.24) is 5.32 Å². The van der Waals surface area contributed by atoms with Crippen LogP contribution in [0, 0.1) is 0 Å². The van der Waals surface area contributed by atoms with E-state index < -0.39 is 0 Å². The highest BCUT2D eigenvalue weighted by molar-refractivity contribution is 5.92. The summed E-state index contributed by atoms with van der Waals surface area (Å²) in [5.74, 6) is 1.39. The number of furan rings is 1. The quantitative estimate of drug-likeness (QED) is 0.911. The van der Waals surface area contributed by atoms with Crippen molar-refractivity contribution in [2.45, 2.75) is 18.6 Å². The number of hydrogen-bond donors (Lipinski definition) is 1. The summed E-state index contributed by atoms with van der Waals surface area (Å²) in [5, 5.41) is 2.92. The summed E-state index contributed by atoms with van der Waals surface area (Å²) < 4.78 is 21.6. The van der Waals surface area contributed by atoms with Crippen LogP contribution in [0.15, 0.2) is 40.8 Å². The van der Waals surface area contributed by atoms with E-state index in [1.165, 1.54) is 0 Å². The van der Waals surface area contributed by atoms with Crippen LogP contribution in [0.5, 0.6) is 5.75 Å². The molecule has 6 nitrogen and oxygen atoms in total. The maximum atomic E-state index is 12.4. The normalized spacial score (nSPS) is 20.6. The third kappa shape index (κ3) is 3.60. The van der Waals surface area contributed by atoms with Crippen LogP contribution in [-0.4, -0.2) is 45.5 Å². The second-order valence-electron chi connectivity index (χ2n) is 5.61. The van der Waals surface area contributed by atoms with Crippen LogP contribution in [0.1, 0.15) is 17.0 Å². The number of carbonyl (C=O) groups is 1. The van der Waals surface area contributed by atoms with Gasteiger partial charge < -0.3 is 23.9 Å². The number of rotatable bonds is 5. The minimum Gasteiger partial charge on any atom is -0.497 e. The summed E-state index contributed by atoms with van der Waals surface area (Å²) in [6.07, 6.45) is 0.718. The van der Waals surface area contributed by atoms with E-state index in [1.807, 2.05) is 24.3 Å². The van der Waals surface area contributed by atoms with Gasteiger partial charge in [0, 0.05) is 19.3 Å². The van der Waals surface area contributed by atoms with Crippen molar-refractivity contribution in [2.75, 3.05) is 27.4 Å². The van der Waals surface area contributed by atoms with E-state index >= 15 is 0 Å². The fraction of sp³-hybridized carbons (Fsp3) is 0.389. The van der Waals surface area contributed by atoms with Gasteiger partial charge in [0.25, 0.3) is 5.91 Å². The van der Waals surface area contributed by atoms with Gasteiger partial charge in [-0.3, -0.25) is 4.79 Å². The molecule has 1 aliphatic heterocycles. The van der Waals surface area contributed by atoms with Crippen LogP contribution in [0.25, 0.3) is 11.3 Å². The number of ether oxygens (including phenoxy) is 3. The van der Waals surface area contributed by atoms with Gasteiger partial charge in [-0.2, -0.15) is 0 Å². The SMILES string of the molecule is COc1ccc(-c2ccc(C(=O)N[C@@H]3COCC[C@H]3OC)o2)cc1. The summed E-state index contributed by atoms with van der Waals surface area (Å²) in [6.45, 7) is 1.09. The van der Waals surface area contributed by atoms with E-state index in [0.29, 0.717) is 19.0 Å². The Hall–Kier alpha value is -2.31. The summed E-state index contributed by atoms with van der Waals surface area (Å²) >= 11 is 0. The van der Waals surface area contributed by atoms with Gasteiger partial charge >= 0.3 is 0 Å². The van der Waals surface area contributed by atoms with Gasteiger partial charge in [-0.25, -0.2) is 0 Å². The van der Waals surface area contributed by atoms with Crippen LogP contribution in [0.2, 0.25) is 0 Å². The molecule has 0 bridgehead atoms. The molecule has 0 spiro atoms. The maximum absolute atomic E-state index is 12.4. The van der Waals surface area contributed by atoms with Crippen LogP contribution >= 0.6 is 0 Å². The summed E-state index contributed by atoms with van der Waals surface area (Å²) in [5.41, 5.74) is 0.880. The molecule has 0 unspecified atom stereocenters. The average Bonchev–Trinajstić information content (AvgIpc) is 3.12. The maximum Gasteiger partial charge on any atom is 0.287 e. The van der Waals surface area contributed by atoms with Crippen LogP contribution in [-0.2, 0) is 9.47 Å². The molecule has 1 saturated heterocycles. The number of carbonyl (C=O) groups excluding carboxylic acids is 1. The van der Waals surface area contributed by atoms with E-state index in [4.69, 9.17) is 18.6 Å². The molecular weight excluding hydrogens is 310 g/mol. The lowest BCUT2D eigenvalue weighted by molar-refractivity contribution is -0.0351. The zero-order valence-electron chi connectivity index (χ0n) is 13.8. The summed E-state index contributed by atoms with van der Waals surface area (Å²) in [4.78, 5) is 12.4. The van der Waals surface area contributed by atoms with E-state index in [-0.39, 0.29) is 23.8 Å². The highest BCUT2D eigenvalue weighted by Crippen LogP contribution is 2.24. The molecule has 128 valence electrons. The van der Waals surface area contributed by atoms with E-state index in [9.17, 15) is 4.79 Å². The number of benzene rings is 1. The predicted octanol–water partition coefficient (Wildman–Crippen LogP) is 2.49. The molecule has 6 heteroatoms. The molecule has 0 radical (unpaired) electrons. The second-order valence-corrected chi connectivity index (χ2v) is 5.61. The zero-order valence-corrected chi connectivity index (χ0v) is 13.8. The van der Waals surface area contributed by atoms with Gasteiger partial charge in [0.1, 0.15) is 11.5 Å². The topological polar surface area (TPSA) is 69.9 Å². The Morgan fingerprint density at radius 2 is 1.96 bits per heavy atom. The first-order valence-corrected chi connectivity index (χ1v) is 7.87. The smallest absolute Gasteiger partial charge is 0.287 e. The number of methoxy groups -OCH3 is 2. The Labute approximate surface area is 140 Å². The van der Waals surface area contributed by atoms with Crippen molar-refractivity contribution in [3.8, 4) is 17.1 Å². The molecular formula is C18H21NO5. The van der Waals surface area contributed by atoms with Crippen molar-refractivity contribution >= 4 is 5.91 Å². The fourth-order valence-corrected chi connectivity index (χ4v) is 2.74. The Balaban J connectivity index is 1.68. The molecule has 1 aromatic heterocycles. The van der Waals surface area contributed by atoms with Gasteiger partial charge in [-0.15, -0.1) is 0 Å². The lowest BCUT2D eigenvalue weighted by atomic mass is 10.1. The Kier molecular flexibility index (Phi) is 5.17. The standard InChI is InChI=1S/C18H21NO5/c1-21-13-5-3-12(4-6-13)15-7-8-17(24-15)18(20)19-14-11-23-10-9-16(14)22-2/h3-8,14,16H,9-11H2,1-2H3,(H,19,20)/t14-,16-/m1/s1. The van der Waals surface area contributed by atoms with Crippen molar-refractivity contribution in [3.05, 3.63) is 42.2 Å². The monoisotopic (exact) mass is 331 g/mol. The van der Waals surface area contributed by atoms with Gasteiger partial charge in [0.2, 0.25) is 0 Å². The van der Waals surface area contributed by atoms with Crippen LogP contribution in [0.4, 0.5) is 0 Å². The Morgan fingerprint density at radius 1 is 1.17 bits per heavy atom. The fourth-order valence-electron chi connectivity index (χ4n) is 2.74. The van der Waals surface area contributed by atoms with Crippen molar-refractivity contribution in [3.63, 3.8) is 0 Å². The lowest BCUT2D eigenvalue weighted by Gasteiger charge is -2.30. The number of hydrogen-bond acceptors (Lipinski definition) is 5. The first-order valence-electron chi connectivity index (χ1n) is 7.87. The second kappa shape index (κ2) is 7.51. The zero-order chi connectivity index (χ0) is 16.9. The molecule has 1 N–H and O–H groups in total. The molecule has 2 atom stereocenters. The molecule has 1 aliphatic rings. The highest BCUT2D eigenvalue weighted by atomic mass is 16.5. The van der Waals surface area contributed by atoms with Gasteiger partial charge in [-0.1, -0.05) is 0 Å². The molecule has 0 aliphatic carbocycles. The predicted molar refractivity (Wildman–Crippen MR) is 88.2 cm³/mol. The lowest BCUT2D eigenvalue weighted by Crippen LogP contribution is -2.50. The Morgan fingerprint density at radius 3 is 2.67 bits per heavy atom. The van der Waals surface area contributed by atoms with Crippen LogP contribution in [0.3, 0.4) is 0 Å².